The Kier molecular flexibility index (Phi) is 13.3. The fourth-order valence-corrected chi connectivity index (χ4v) is 1.56. The molecule has 0 aliphatic carbocycles. The van der Waals surface area contributed by atoms with Gasteiger partial charge >= 0.3 is 0 Å². The number of allylic oxidation sites excluding steroid dienone is 1. The van der Waals surface area contributed by atoms with Gasteiger partial charge < -0.3 is 21.1 Å². The molecule has 0 fully saturated rings. The fraction of sp³-hybridized carbons (Fsp3) is 0.562. The van der Waals surface area contributed by atoms with Crippen LogP contribution in [0.15, 0.2) is 23.5 Å². The number of aliphatic hydroxyl groups is 1. The summed E-state index contributed by atoms with van der Waals surface area (Å²) in [6.45, 7) is 11.0. The van der Waals surface area contributed by atoms with Gasteiger partial charge in [0.25, 0.3) is 0 Å². The van der Waals surface area contributed by atoms with Gasteiger partial charge in [-0.2, -0.15) is 0 Å². The van der Waals surface area contributed by atoms with E-state index < -0.39 is 0 Å². The highest BCUT2D eigenvalue weighted by atomic mass is 16.3. The molecule has 0 aliphatic rings. The van der Waals surface area contributed by atoms with Crippen LogP contribution in [0.1, 0.15) is 40.5 Å². The van der Waals surface area contributed by atoms with Crippen molar-refractivity contribution in [2.24, 2.45) is 0 Å². The van der Waals surface area contributed by atoms with Crippen molar-refractivity contribution in [1.82, 2.24) is 16.0 Å². The monoisotopic (exact) mass is 327 g/mol. The molecule has 7 nitrogen and oxygen atoms in total. The summed E-state index contributed by atoms with van der Waals surface area (Å²) in [4.78, 5) is 34.0. The Balaban J connectivity index is 0. The standard InChI is InChI=1S/C14H23N3O4.C2H6/c1-9(10(2)18)12(14(21)15-4)5-6-13(20)17-8-7-16-11(3)19;1-2/h18H,2,5-8H2,1,3-4H3,(H,15,21)(H,16,19)(H,17,20);1-2H3/b12-9-;. The molecular weight excluding hydrogens is 298 g/mol. The molecule has 0 radical (unpaired) electrons. The van der Waals surface area contributed by atoms with Crippen LogP contribution in [0.3, 0.4) is 0 Å². The van der Waals surface area contributed by atoms with Crippen molar-refractivity contribution in [2.45, 2.75) is 40.5 Å². The quantitative estimate of drug-likeness (QED) is 0.232. The zero-order valence-electron chi connectivity index (χ0n) is 14.7. The Labute approximate surface area is 138 Å². The number of hydrogen-bond acceptors (Lipinski definition) is 4. The van der Waals surface area contributed by atoms with Crippen LogP contribution in [0.4, 0.5) is 0 Å². The summed E-state index contributed by atoms with van der Waals surface area (Å²) in [5.74, 6) is -0.947. The molecule has 0 aromatic rings. The molecule has 3 amide bonds. The van der Waals surface area contributed by atoms with Crippen molar-refractivity contribution in [3.05, 3.63) is 23.5 Å². The molecule has 0 aromatic heterocycles. The van der Waals surface area contributed by atoms with Crippen molar-refractivity contribution in [3.8, 4) is 0 Å². The van der Waals surface area contributed by atoms with Crippen LogP contribution in [0.2, 0.25) is 0 Å². The van der Waals surface area contributed by atoms with Crippen molar-refractivity contribution >= 4 is 17.7 Å². The molecule has 23 heavy (non-hydrogen) atoms. The predicted octanol–water partition coefficient (Wildman–Crippen LogP) is 1.18. The molecule has 0 spiro atoms. The minimum atomic E-state index is -0.353. The van der Waals surface area contributed by atoms with Crippen LogP contribution in [0.5, 0.6) is 0 Å². The molecule has 0 aliphatic heterocycles. The molecule has 132 valence electrons. The van der Waals surface area contributed by atoms with Gasteiger partial charge in [-0.1, -0.05) is 20.4 Å². The van der Waals surface area contributed by atoms with E-state index in [1.807, 2.05) is 13.8 Å². The third-order valence-corrected chi connectivity index (χ3v) is 2.81. The Bertz CT molecular complexity index is 456. The molecule has 7 heteroatoms. The lowest BCUT2D eigenvalue weighted by Crippen LogP contribution is -2.33. The minimum Gasteiger partial charge on any atom is -0.508 e. The summed E-state index contributed by atoms with van der Waals surface area (Å²) in [6.07, 6.45) is 0.296. The smallest absolute Gasteiger partial charge is 0.247 e. The number of rotatable bonds is 8. The van der Waals surface area contributed by atoms with Crippen molar-refractivity contribution < 1.29 is 19.5 Å². The number of carbonyl (C=O) groups is 3. The minimum absolute atomic E-state index is 0.105. The highest BCUT2D eigenvalue weighted by Crippen LogP contribution is 2.16. The second-order valence-electron chi connectivity index (χ2n) is 4.46. The molecule has 0 atom stereocenters. The van der Waals surface area contributed by atoms with Gasteiger partial charge in [-0.3, -0.25) is 14.4 Å². The summed E-state index contributed by atoms with van der Waals surface area (Å²) in [5, 5.41) is 17.0. The number of likely N-dealkylation sites (N-methyl/N-ethyl adjacent to an activating group) is 1. The van der Waals surface area contributed by atoms with Gasteiger partial charge in [-0.15, -0.1) is 0 Å². The maximum absolute atomic E-state index is 11.7. The molecule has 0 saturated carbocycles. The molecule has 0 rings (SSSR count). The summed E-state index contributed by atoms with van der Waals surface area (Å²) in [5.41, 5.74) is 0.683. The highest BCUT2D eigenvalue weighted by Gasteiger charge is 2.14. The van der Waals surface area contributed by atoms with E-state index in [1.54, 1.807) is 6.92 Å². The number of aliphatic hydroxyl groups excluding tert-OH is 1. The van der Waals surface area contributed by atoms with Crippen molar-refractivity contribution in [2.75, 3.05) is 20.1 Å². The van der Waals surface area contributed by atoms with Gasteiger partial charge in [0, 0.05) is 39.1 Å². The van der Waals surface area contributed by atoms with E-state index in [0.29, 0.717) is 24.2 Å². The van der Waals surface area contributed by atoms with Gasteiger partial charge in [0.2, 0.25) is 17.7 Å². The highest BCUT2D eigenvalue weighted by molar-refractivity contribution is 5.95. The Morgan fingerprint density at radius 3 is 1.96 bits per heavy atom. The van der Waals surface area contributed by atoms with Gasteiger partial charge in [-0.05, 0) is 18.9 Å². The molecule has 0 saturated heterocycles. The summed E-state index contributed by atoms with van der Waals surface area (Å²) in [7, 11) is 1.48. The molecule has 4 N–H and O–H groups in total. The van der Waals surface area contributed by atoms with E-state index in [-0.39, 0.29) is 36.3 Å². The van der Waals surface area contributed by atoms with Crippen LogP contribution in [-0.2, 0) is 14.4 Å². The van der Waals surface area contributed by atoms with Gasteiger partial charge in [0.1, 0.15) is 5.76 Å². The summed E-state index contributed by atoms with van der Waals surface area (Å²) in [6, 6.07) is 0. The second kappa shape index (κ2) is 13.4. The van der Waals surface area contributed by atoms with Crippen LogP contribution in [-0.4, -0.2) is 43.0 Å². The third kappa shape index (κ3) is 11.0. The topological polar surface area (TPSA) is 108 Å². The van der Waals surface area contributed by atoms with E-state index in [9.17, 15) is 19.5 Å². The first-order chi connectivity index (χ1) is 10.8. The normalized spacial score (nSPS) is 10.5. The Hall–Kier alpha value is -2.31. The van der Waals surface area contributed by atoms with Crippen molar-refractivity contribution in [3.63, 3.8) is 0 Å². The SMILES string of the molecule is C=C(O)/C(C)=C(/CCC(=O)NCCNC(C)=O)C(=O)NC.CC. The molecule has 0 bridgehead atoms. The average Bonchev–Trinajstić information content (AvgIpc) is 2.52. The van der Waals surface area contributed by atoms with E-state index >= 15 is 0 Å². The largest absolute Gasteiger partial charge is 0.508 e. The summed E-state index contributed by atoms with van der Waals surface area (Å²) < 4.78 is 0. The zero-order chi connectivity index (χ0) is 18.4. The molecule has 0 heterocycles. The van der Waals surface area contributed by atoms with E-state index in [0.717, 1.165) is 0 Å². The third-order valence-electron chi connectivity index (χ3n) is 2.81. The maximum atomic E-state index is 11.7. The lowest BCUT2D eigenvalue weighted by Gasteiger charge is -2.11. The molecular formula is C16H29N3O4. The fourth-order valence-electron chi connectivity index (χ4n) is 1.56. The van der Waals surface area contributed by atoms with Crippen LogP contribution in [0, 0.1) is 0 Å². The Morgan fingerprint density at radius 2 is 1.52 bits per heavy atom. The van der Waals surface area contributed by atoms with Gasteiger partial charge in [-0.25, -0.2) is 0 Å². The number of carbonyl (C=O) groups excluding carboxylic acids is 3. The van der Waals surface area contributed by atoms with Crippen LogP contribution >= 0.6 is 0 Å². The first kappa shape index (κ1) is 23.0. The summed E-state index contributed by atoms with van der Waals surface area (Å²) >= 11 is 0. The van der Waals surface area contributed by atoms with E-state index in [2.05, 4.69) is 22.5 Å². The first-order valence-corrected chi connectivity index (χ1v) is 7.60. The first-order valence-electron chi connectivity index (χ1n) is 7.60. The lowest BCUT2D eigenvalue weighted by molar-refractivity contribution is -0.122. The molecule has 0 unspecified atom stereocenters. The van der Waals surface area contributed by atoms with E-state index in [4.69, 9.17) is 0 Å². The van der Waals surface area contributed by atoms with E-state index in [1.165, 1.54) is 14.0 Å². The number of nitrogens with one attached hydrogen (secondary N) is 3. The van der Waals surface area contributed by atoms with Crippen LogP contribution < -0.4 is 16.0 Å². The maximum Gasteiger partial charge on any atom is 0.247 e. The van der Waals surface area contributed by atoms with Gasteiger partial charge in [0.15, 0.2) is 0 Å². The average molecular weight is 327 g/mol. The van der Waals surface area contributed by atoms with Crippen LogP contribution in [0.25, 0.3) is 0 Å². The predicted molar refractivity (Wildman–Crippen MR) is 90.8 cm³/mol. The molecule has 0 aromatic carbocycles. The zero-order valence-corrected chi connectivity index (χ0v) is 14.7. The number of hydrogen-bond donors (Lipinski definition) is 4. The Morgan fingerprint density at radius 1 is 1.00 bits per heavy atom. The lowest BCUT2D eigenvalue weighted by atomic mass is 10.0. The second-order valence-corrected chi connectivity index (χ2v) is 4.46. The van der Waals surface area contributed by atoms with Gasteiger partial charge in [0.05, 0.1) is 0 Å². The van der Waals surface area contributed by atoms with Crippen molar-refractivity contribution in [1.29, 1.82) is 0 Å². The number of amides is 3.